The monoisotopic (exact) mass is 177 g/mol. The topological polar surface area (TPSA) is 21.3 Å². The van der Waals surface area contributed by atoms with Crippen LogP contribution in [0, 0.1) is 17.8 Å². The fourth-order valence-electron chi connectivity index (χ4n) is 2.02. The van der Waals surface area contributed by atoms with E-state index in [2.05, 4.69) is 5.32 Å². The highest BCUT2D eigenvalue weighted by Crippen LogP contribution is 2.59. The van der Waals surface area contributed by atoms with Gasteiger partial charge in [0.1, 0.15) is 0 Å². The van der Waals surface area contributed by atoms with E-state index in [0.29, 0.717) is 0 Å². The van der Waals surface area contributed by atoms with E-state index in [4.69, 9.17) is 4.74 Å². The summed E-state index contributed by atoms with van der Waals surface area (Å²) >= 11 is 0. The van der Waals surface area contributed by atoms with Gasteiger partial charge in [0.15, 0.2) is 0 Å². The molecule has 0 bridgehead atoms. The lowest BCUT2D eigenvalue weighted by molar-refractivity contribution is 0.0543. The quantitative estimate of drug-likeness (QED) is 0.686. The van der Waals surface area contributed by atoms with Gasteiger partial charge in [-0.25, -0.2) is 8.78 Å². The average Bonchev–Trinajstić information content (AvgIpc) is 2.36. The molecule has 2 fully saturated rings. The van der Waals surface area contributed by atoms with Gasteiger partial charge in [0.05, 0.1) is 12.5 Å². The van der Waals surface area contributed by atoms with Gasteiger partial charge in [0.25, 0.3) is 5.92 Å². The molecule has 1 N–H and O–H groups in total. The molecule has 2 aliphatic rings. The summed E-state index contributed by atoms with van der Waals surface area (Å²) in [5, 5.41) is 3.01. The second-order valence-corrected chi connectivity index (χ2v) is 3.68. The summed E-state index contributed by atoms with van der Waals surface area (Å²) in [6.45, 7) is 1.70. The van der Waals surface area contributed by atoms with Gasteiger partial charge in [-0.1, -0.05) is 0 Å². The number of methoxy groups -OCH3 is 1. The predicted molar refractivity (Wildman–Crippen MR) is 40.2 cm³/mol. The van der Waals surface area contributed by atoms with E-state index >= 15 is 0 Å². The van der Waals surface area contributed by atoms with Crippen LogP contribution in [0.15, 0.2) is 0 Å². The number of hydrogen-bond donors (Lipinski definition) is 1. The van der Waals surface area contributed by atoms with E-state index in [9.17, 15) is 8.78 Å². The van der Waals surface area contributed by atoms with Crippen LogP contribution in [0.3, 0.4) is 0 Å². The smallest absolute Gasteiger partial charge is 0.257 e. The first-order chi connectivity index (χ1) is 5.68. The summed E-state index contributed by atoms with van der Waals surface area (Å²) in [6, 6.07) is 0. The number of halogens is 2. The molecule has 1 saturated carbocycles. The van der Waals surface area contributed by atoms with E-state index in [0.717, 1.165) is 13.1 Å². The van der Waals surface area contributed by atoms with Crippen molar-refractivity contribution in [3.8, 4) is 0 Å². The molecule has 4 heteroatoms. The highest BCUT2D eigenvalue weighted by molar-refractivity contribution is 5.10. The van der Waals surface area contributed by atoms with E-state index in [-0.39, 0.29) is 12.5 Å². The van der Waals surface area contributed by atoms with Crippen molar-refractivity contribution in [3.63, 3.8) is 0 Å². The van der Waals surface area contributed by atoms with E-state index < -0.39 is 17.8 Å². The van der Waals surface area contributed by atoms with Crippen molar-refractivity contribution in [1.82, 2.24) is 5.32 Å². The molecule has 0 spiro atoms. The van der Waals surface area contributed by atoms with Crippen LogP contribution in [0.4, 0.5) is 8.78 Å². The third-order valence-corrected chi connectivity index (χ3v) is 2.93. The Morgan fingerprint density at radius 3 is 2.58 bits per heavy atom. The standard InChI is InChI=1S/C8H13F2NO/c1-12-4-6-7(8(6,9)10)5-2-11-3-5/h5-7,11H,2-4H2,1H3. The zero-order valence-electron chi connectivity index (χ0n) is 7.02. The van der Waals surface area contributed by atoms with Gasteiger partial charge < -0.3 is 10.1 Å². The van der Waals surface area contributed by atoms with Crippen LogP contribution in [0.2, 0.25) is 0 Å². The molecule has 0 amide bonds. The fraction of sp³-hybridized carbons (Fsp3) is 1.00. The Labute approximate surface area is 70.3 Å². The molecule has 2 atom stereocenters. The minimum absolute atomic E-state index is 0.181. The van der Waals surface area contributed by atoms with Gasteiger partial charge in [0.2, 0.25) is 0 Å². The van der Waals surface area contributed by atoms with Crippen molar-refractivity contribution in [2.45, 2.75) is 5.92 Å². The molecule has 12 heavy (non-hydrogen) atoms. The molecule has 1 heterocycles. The zero-order valence-corrected chi connectivity index (χ0v) is 7.02. The van der Waals surface area contributed by atoms with Crippen molar-refractivity contribution in [3.05, 3.63) is 0 Å². The molecule has 2 nitrogen and oxygen atoms in total. The molecule has 1 saturated heterocycles. The molecule has 0 aromatic heterocycles. The van der Waals surface area contributed by atoms with Gasteiger partial charge in [-0.2, -0.15) is 0 Å². The number of nitrogens with one attached hydrogen (secondary N) is 1. The molecule has 70 valence electrons. The molecule has 0 aromatic carbocycles. The molecule has 2 rings (SSSR count). The Kier molecular flexibility index (Phi) is 1.84. The average molecular weight is 177 g/mol. The van der Waals surface area contributed by atoms with Gasteiger partial charge >= 0.3 is 0 Å². The van der Waals surface area contributed by atoms with Crippen LogP contribution in [0.25, 0.3) is 0 Å². The van der Waals surface area contributed by atoms with Crippen LogP contribution >= 0.6 is 0 Å². The van der Waals surface area contributed by atoms with Crippen molar-refractivity contribution < 1.29 is 13.5 Å². The second kappa shape index (κ2) is 2.64. The van der Waals surface area contributed by atoms with Crippen molar-refractivity contribution in [2.75, 3.05) is 26.8 Å². The maximum absolute atomic E-state index is 13.0. The second-order valence-electron chi connectivity index (χ2n) is 3.68. The van der Waals surface area contributed by atoms with Crippen LogP contribution < -0.4 is 5.32 Å². The predicted octanol–water partition coefficient (Wildman–Crippen LogP) is 0.734. The Balaban J connectivity index is 1.91. The number of ether oxygens (including phenoxy) is 1. The molecular formula is C8H13F2NO. The Morgan fingerprint density at radius 1 is 1.50 bits per heavy atom. The zero-order chi connectivity index (χ0) is 8.77. The highest BCUT2D eigenvalue weighted by atomic mass is 19.3. The number of alkyl halides is 2. The van der Waals surface area contributed by atoms with Crippen molar-refractivity contribution >= 4 is 0 Å². The Hall–Kier alpha value is -0.220. The lowest BCUT2D eigenvalue weighted by Crippen LogP contribution is -2.44. The Bertz CT molecular complexity index is 182. The van der Waals surface area contributed by atoms with E-state index in [1.165, 1.54) is 7.11 Å². The number of rotatable bonds is 3. The molecule has 0 aromatic rings. The van der Waals surface area contributed by atoms with Gasteiger partial charge in [-0.05, 0) is 19.0 Å². The van der Waals surface area contributed by atoms with Gasteiger partial charge in [0, 0.05) is 13.0 Å². The molecule has 1 aliphatic carbocycles. The largest absolute Gasteiger partial charge is 0.384 e. The molecular weight excluding hydrogens is 164 g/mol. The summed E-state index contributed by atoms with van der Waals surface area (Å²) in [5.41, 5.74) is 0. The Morgan fingerprint density at radius 2 is 2.17 bits per heavy atom. The third-order valence-electron chi connectivity index (χ3n) is 2.93. The summed E-state index contributed by atoms with van der Waals surface area (Å²) in [6.07, 6.45) is 0. The number of hydrogen-bond acceptors (Lipinski definition) is 2. The first-order valence-corrected chi connectivity index (χ1v) is 4.25. The van der Waals surface area contributed by atoms with Crippen LogP contribution in [0.1, 0.15) is 0 Å². The van der Waals surface area contributed by atoms with Crippen molar-refractivity contribution in [2.24, 2.45) is 17.8 Å². The lowest BCUT2D eigenvalue weighted by Gasteiger charge is -2.27. The first kappa shape index (κ1) is 8.38. The van der Waals surface area contributed by atoms with E-state index in [1.807, 2.05) is 0 Å². The summed E-state index contributed by atoms with van der Waals surface area (Å²) in [7, 11) is 1.48. The van der Waals surface area contributed by atoms with Crippen LogP contribution in [-0.4, -0.2) is 32.7 Å². The summed E-state index contributed by atoms with van der Waals surface area (Å²) < 4.78 is 30.8. The van der Waals surface area contributed by atoms with E-state index in [1.54, 1.807) is 0 Å². The molecule has 0 radical (unpaired) electrons. The third kappa shape index (κ3) is 1.05. The fourth-order valence-corrected chi connectivity index (χ4v) is 2.02. The normalized spacial score (nSPS) is 39.2. The molecule has 1 aliphatic heterocycles. The minimum atomic E-state index is -2.46. The summed E-state index contributed by atoms with van der Waals surface area (Å²) in [5.74, 6) is -3.21. The summed E-state index contributed by atoms with van der Waals surface area (Å²) in [4.78, 5) is 0. The van der Waals surface area contributed by atoms with Crippen LogP contribution in [0.5, 0.6) is 0 Å². The highest BCUT2D eigenvalue weighted by Gasteiger charge is 2.70. The van der Waals surface area contributed by atoms with Gasteiger partial charge in [-0.15, -0.1) is 0 Å². The van der Waals surface area contributed by atoms with Gasteiger partial charge in [-0.3, -0.25) is 0 Å². The lowest BCUT2D eigenvalue weighted by atomic mass is 9.96. The maximum atomic E-state index is 13.0. The van der Waals surface area contributed by atoms with Crippen LogP contribution in [-0.2, 0) is 4.74 Å². The first-order valence-electron chi connectivity index (χ1n) is 4.25. The van der Waals surface area contributed by atoms with Crippen molar-refractivity contribution in [1.29, 1.82) is 0 Å². The SMILES string of the molecule is COCC1C(C2CNC2)C1(F)F. The minimum Gasteiger partial charge on any atom is -0.384 e. The molecule has 2 unspecified atom stereocenters. The maximum Gasteiger partial charge on any atom is 0.257 e.